The average molecular weight is 222 g/mol. The molecule has 76 valence electrons. The summed E-state index contributed by atoms with van der Waals surface area (Å²) < 4.78 is 1.38. The van der Waals surface area contributed by atoms with Crippen molar-refractivity contribution in [1.82, 2.24) is 4.57 Å². The Bertz CT molecular complexity index is 548. The van der Waals surface area contributed by atoms with Gasteiger partial charge in [-0.3, -0.25) is 9.36 Å². The number of hydrogen-bond acceptors (Lipinski definition) is 2. The molecular weight excluding hydrogens is 214 g/mol. The molecule has 3 nitrogen and oxygen atoms in total. The van der Waals surface area contributed by atoms with Gasteiger partial charge < -0.3 is 5.11 Å². The molecular formula is C11H8ClNO2. The number of benzene rings is 1. The van der Waals surface area contributed by atoms with E-state index in [0.29, 0.717) is 10.7 Å². The van der Waals surface area contributed by atoms with E-state index in [0.717, 1.165) is 6.07 Å². The molecule has 0 saturated carbocycles. The molecule has 15 heavy (non-hydrogen) atoms. The number of halogens is 1. The van der Waals surface area contributed by atoms with Crippen LogP contribution in [0.3, 0.4) is 0 Å². The first-order valence-electron chi connectivity index (χ1n) is 4.35. The van der Waals surface area contributed by atoms with Crippen LogP contribution in [0.1, 0.15) is 0 Å². The third kappa shape index (κ3) is 1.87. The van der Waals surface area contributed by atoms with E-state index in [1.54, 1.807) is 24.3 Å². The molecule has 0 aliphatic carbocycles. The molecule has 2 rings (SSSR count). The lowest BCUT2D eigenvalue weighted by Gasteiger charge is -2.06. The first-order valence-corrected chi connectivity index (χ1v) is 4.73. The van der Waals surface area contributed by atoms with Gasteiger partial charge in [-0.1, -0.05) is 23.7 Å². The van der Waals surface area contributed by atoms with Gasteiger partial charge in [0, 0.05) is 12.3 Å². The van der Waals surface area contributed by atoms with Gasteiger partial charge in [0.15, 0.2) is 0 Å². The maximum atomic E-state index is 11.5. The van der Waals surface area contributed by atoms with E-state index in [1.807, 2.05) is 0 Å². The highest BCUT2D eigenvalue weighted by Gasteiger charge is 2.03. The Labute approximate surface area is 91.2 Å². The summed E-state index contributed by atoms with van der Waals surface area (Å²) in [5.41, 5.74) is 0.285. The maximum Gasteiger partial charge on any atom is 0.258 e. The first-order chi connectivity index (χ1) is 7.18. The van der Waals surface area contributed by atoms with Crippen LogP contribution in [0, 0.1) is 0 Å². The number of pyridine rings is 1. The highest BCUT2D eigenvalue weighted by atomic mass is 35.5. The predicted molar refractivity (Wildman–Crippen MR) is 58.7 cm³/mol. The Morgan fingerprint density at radius 1 is 1.20 bits per heavy atom. The van der Waals surface area contributed by atoms with Crippen molar-refractivity contribution in [2.24, 2.45) is 0 Å². The minimum Gasteiger partial charge on any atom is -0.508 e. The molecule has 0 saturated heterocycles. The van der Waals surface area contributed by atoms with Gasteiger partial charge in [0.25, 0.3) is 5.56 Å². The first kappa shape index (κ1) is 9.80. The van der Waals surface area contributed by atoms with Crippen LogP contribution >= 0.6 is 11.6 Å². The van der Waals surface area contributed by atoms with E-state index in [-0.39, 0.29) is 11.3 Å². The summed E-state index contributed by atoms with van der Waals surface area (Å²) in [6.07, 6.45) is 1.48. The summed E-state index contributed by atoms with van der Waals surface area (Å²) in [7, 11) is 0. The Morgan fingerprint density at radius 3 is 2.60 bits per heavy atom. The molecule has 0 aliphatic rings. The highest BCUT2D eigenvalue weighted by molar-refractivity contribution is 6.32. The van der Waals surface area contributed by atoms with Gasteiger partial charge in [-0.2, -0.15) is 0 Å². The third-order valence-electron chi connectivity index (χ3n) is 2.02. The minimum atomic E-state index is -0.317. The molecule has 1 heterocycles. The lowest BCUT2D eigenvalue weighted by Crippen LogP contribution is -2.15. The second kappa shape index (κ2) is 3.79. The number of hydrogen-bond donors (Lipinski definition) is 1. The predicted octanol–water partition coefficient (Wildman–Crippen LogP) is 2.20. The Kier molecular flexibility index (Phi) is 2.47. The lowest BCUT2D eigenvalue weighted by molar-refractivity contribution is 0.473. The molecule has 0 bridgehead atoms. The third-order valence-corrected chi connectivity index (χ3v) is 2.33. The molecule has 4 heteroatoms. The number of rotatable bonds is 1. The molecule has 0 amide bonds. The van der Waals surface area contributed by atoms with Crippen LogP contribution in [0.2, 0.25) is 5.02 Å². The summed E-state index contributed by atoms with van der Waals surface area (Å²) in [6, 6.07) is 9.60. The van der Waals surface area contributed by atoms with E-state index in [4.69, 9.17) is 16.7 Å². The zero-order chi connectivity index (χ0) is 10.8. The molecule has 0 spiro atoms. The largest absolute Gasteiger partial charge is 0.508 e. The van der Waals surface area contributed by atoms with Gasteiger partial charge in [-0.15, -0.1) is 0 Å². The fourth-order valence-corrected chi connectivity index (χ4v) is 1.54. The van der Waals surface area contributed by atoms with Crippen LogP contribution in [-0.2, 0) is 0 Å². The monoisotopic (exact) mass is 221 g/mol. The zero-order valence-corrected chi connectivity index (χ0v) is 8.48. The molecule has 1 aromatic heterocycles. The molecule has 0 aliphatic heterocycles. The van der Waals surface area contributed by atoms with Crippen LogP contribution in [0.25, 0.3) is 5.69 Å². The van der Waals surface area contributed by atoms with Crippen molar-refractivity contribution >= 4 is 11.6 Å². The fraction of sp³-hybridized carbons (Fsp3) is 0. The normalized spacial score (nSPS) is 10.2. The van der Waals surface area contributed by atoms with Crippen molar-refractivity contribution < 1.29 is 5.11 Å². The molecule has 0 atom stereocenters. The van der Waals surface area contributed by atoms with Gasteiger partial charge in [-0.25, -0.2) is 0 Å². The number of aromatic hydroxyl groups is 1. The second-order valence-electron chi connectivity index (χ2n) is 3.04. The Balaban J connectivity index is 2.65. The van der Waals surface area contributed by atoms with Crippen LogP contribution in [0.5, 0.6) is 5.75 Å². The van der Waals surface area contributed by atoms with E-state index in [2.05, 4.69) is 0 Å². The summed E-state index contributed by atoms with van der Waals surface area (Å²) in [5, 5.41) is 9.60. The summed E-state index contributed by atoms with van der Waals surface area (Å²) in [5.74, 6) is -0.0525. The maximum absolute atomic E-state index is 11.5. The number of aromatic nitrogens is 1. The van der Waals surface area contributed by atoms with Crippen molar-refractivity contribution in [3.63, 3.8) is 0 Å². The minimum absolute atomic E-state index is 0.0525. The average Bonchev–Trinajstić information content (AvgIpc) is 2.20. The van der Waals surface area contributed by atoms with Crippen LogP contribution in [-0.4, -0.2) is 9.67 Å². The number of nitrogens with zero attached hydrogens (tertiary/aromatic N) is 1. The van der Waals surface area contributed by atoms with Crippen LogP contribution < -0.4 is 5.56 Å². The standard InChI is InChI=1S/C11H8ClNO2/c12-9-3-1-2-4-10(9)13-6-5-8(14)7-11(13)15/h1-7,14H. The molecule has 1 aromatic carbocycles. The van der Waals surface area contributed by atoms with E-state index >= 15 is 0 Å². The van der Waals surface area contributed by atoms with E-state index < -0.39 is 0 Å². The van der Waals surface area contributed by atoms with Gasteiger partial charge in [0.2, 0.25) is 0 Å². The zero-order valence-electron chi connectivity index (χ0n) is 7.72. The SMILES string of the molecule is O=c1cc(O)ccn1-c1ccccc1Cl. The molecule has 0 fully saturated rings. The summed E-state index contributed by atoms with van der Waals surface area (Å²) >= 11 is 5.95. The van der Waals surface area contributed by atoms with Crippen molar-refractivity contribution in [3.05, 3.63) is 58.0 Å². The van der Waals surface area contributed by atoms with Crippen LogP contribution in [0.4, 0.5) is 0 Å². The molecule has 2 aromatic rings. The van der Waals surface area contributed by atoms with Gasteiger partial charge >= 0.3 is 0 Å². The highest BCUT2D eigenvalue weighted by Crippen LogP contribution is 2.18. The molecule has 1 N–H and O–H groups in total. The Morgan fingerprint density at radius 2 is 1.93 bits per heavy atom. The van der Waals surface area contributed by atoms with Gasteiger partial charge in [0.05, 0.1) is 10.7 Å². The van der Waals surface area contributed by atoms with Crippen molar-refractivity contribution in [2.75, 3.05) is 0 Å². The summed E-state index contributed by atoms with van der Waals surface area (Å²) in [4.78, 5) is 11.5. The summed E-state index contributed by atoms with van der Waals surface area (Å²) in [6.45, 7) is 0. The molecule has 0 radical (unpaired) electrons. The van der Waals surface area contributed by atoms with E-state index in [1.165, 1.54) is 16.8 Å². The van der Waals surface area contributed by atoms with Crippen molar-refractivity contribution in [3.8, 4) is 11.4 Å². The van der Waals surface area contributed by atoms with Crippen molar-refractivity contribution in [2.45, 2.75) is 0 Å². The number of para-hydroxylation sites is 1. The van der Waals surface area contributed by atoms with Gasteiger partial charge in [0.1, 0.15) is 5.75 Å². The topological polar surface area (TPSA) is 42.2 Å². The quantitative estimate of drug-likeness (QED) is 0.802. The lowest BCUT2D eigenvalue weighted by atomic mass is 10.3. The smallest absolute Gasteiger partial charge is 0.258 e. The fourth-order valence-electron chi connectivity index (χ4n) is 1.31. The second-order valence-corrected chi connectivity index (χ2v) is 3.45. The van der Waals surface area contributed by atoms with E-state index in [9.17, 15) is 4.79 Å². The van der Waals surface area contributed by atoms with Gasteiger partial charge in [-0.05, 0) is 18.2 Å². The molecule has 0 unspecified atom stereocenters. The Hall–Kier alpha value is -1.74. The van der Waals surface area contributed by atoms with Crippen LogP contribution in [0.15, 0.2) is 47.4 Å². The van der Waals surface area contributed by atoms with Crippen molar-refractivity contribution in [1.29, 1.82) is 0 Å².